The molecular weight excluding hydrogens is 146 g/mol. The minimum absolute atomic E-state index is 0.101. The Kier molecular flexibility index (Phi) is 3.95. The van der Waals surface area contributed by atoms with Crippen LogP contribution >= 0.6 is 0 Å². The minimum atomic E-state index is -0.503. The summed E-state index contributed by atoms with van der Waals surface area (Å²) in [5, 5.41) is 0. The quantitative estimate of drug-likeness (QED) is 0.462. The fourth-order valence-corrected chi connectivity index (χ4v) is 0.385. The molecule has 0 radical (unpaired) electrons. The Bertz CT molecular complexity index is 196. The Morgan fingerprint density at radius 2 is 2.00 bits per heavy atom. The van der Waals surface area contributed by atoms with Gasteiger partial charge in [0, 0.05) is 12.5 Å². The summed E-state index contributed by atoms with van der Waals surface area (Å²) < 4.78 is 4.54. The Morgan fingerprint density at radius 1 is 1.45 bits per heavy atom. The lowest BCUT2D eigenvalue weighted by molar-refractivity contribution is -0.139. The molecule has 0 aliphatic carbocycles. The van der Waals surface area contributed by atoms with Gasteiger partial charge in [-0.25, -0.2) is 0 Å². The lowest BCUT2D eigenvalue weighted by atomic mass is 10.3. The van der Waals surface area contributed by atoms with Crippen LogP contribution in [-0.4, -0.2) is 18.5 Å². The highest BCUT2D eigenvalue weighted by Crippen LogP contribution is 1.89. The Morgan fingerprint density at radius 3 is 2.36 bits per heavy atom. The van der Waals surface area contributed by atoms with Crippen LogP contribution in [-0.2, 0) is 14.3 Å². The highest BCUT2D eigenvalue weighted by Gasteiger charge is 1.95. The van der Waals surface area contributed by atoms with Gasteiger partial charge < -0.3 is 10.5 Å². The molecule has 0 unspecified atom stereocenters. The number of amides is 1. The van der Waals surface area contributed by atoms with Gasteiger partial charge in [0.2, 0.25) is 5.91 Å². The summed E-state index contributed by atoms with van der Waals surface area (Å²) in [6.07, 6.45) is 1.46. The summed E-state index contributed by atoms with van der Waals surface area (Å²) in [5.74, 6) is -0.879. The van der Waals surface area contributed by atoms with Gasteiger partial charge in [0.15, 0.2) is 0 Å². The molecule has 0 saturated carbocycles. The van der Waals surface area contributed by atoms with Gasteiger partial charge in [-0.05, 0) is 13.0 Å². The van der Waals surface area contributed by atoms with Gasteiger partial charge in [-0.15, -0.1) is 0 Å². The molecule has 0 aliphatic rings. The second-order valence-corrected chi connectivity index (χ2v) is 2.05. The van der Waals surface area contributed by atoms with E-state index in [1.54, 1.807) is 6.92 Å². The molecule has 0 bridgehead atoms. The molecule has 0 atom stereocenters. The van der Waals surface area contributed by atoms with E-state index in [4.69, 9.17) is 5.73 Å². The molecule has 0 heterocycles. The lowest BCUT2D eigenvalue weighted by Crippen LogP contribution is -2.12. The molecule has 0 saturated heterocycles. The van der Waals surface area contributed by atoms with Gasteiger partial charge in [-0.3, -0.25) is 9.59 Å². The fraction of sp³-hybridized carbons (Fsp3) is 0.429. The first kappa shape index (κ1) is 9.68. The van der Waals surface area contributed by atoms with E-state index in [1.165, 1.54) is 13.0 Å². The molecule has 0 rings (SSSR count). The standard InChI is InChI=1S/C7H11NO3/c1-5(7(8)10)3-4-11-6(2)9/h3H,4H2,1-2H3,(H2,8,10). The topological polar surface area (TPSA) is 69.4 Å². The number of ether oxygens (including phenoxy) is 1. The van der Waals surface area contributed by atoms with Crippen LogP contribution in [0.4, 0.5) is 0 Å². The van der Waals surface area contributed by atoms with E-state index < -0.39 is 5.91 Å². The van der Waals surface area contributed by atoms with Crippen molar-refractivity contribution in [2.45, 2.75) is 13.8 Å². The van der Waals surface area contributed by atoms with E-state index in [9.17, 15) is 9.59 Å². The average molecular weight is 157 g/mol. The molecule has 0 aliphatic heterocycles. The summed E-state index contributed by atoms with van der Waals surface area (Å²) in [7, 11) is 0. The van der Waals surface area contributed by atoms with Gasteiger partial charge in [0.25, 0.3) is 0 Å². The molecule has 0 aromatic heterocycles. The van der Waals surface area contributed by atoms with Gasteiger partial charge >= 0.3 is 5.97 Å². The number of primary amides is 1. The first-order valence-electron chi connectivity index (χ1n) is 3.14. The van der Waals surface area contributed by atoms with E-state index in [0.717, 1.165) is 0 Å². The van der Waals surface area contributed by atoms with E-state index in [-0.39, 0.29) is 12.6 Å². The molecule has 0 aromatic rings. The van der Waals surface area contributed by atoms with Crippen molar-refractivity contribution in [3.8, 4) is 0 Å². The average Bonchev–Trinajstić information content (AvgIpc) is 1.86. The molecule has 0 aromatic carbocycles. The third-order valence-electron chi connectivity index (χ3n) is 1.06. The van der Waals surface area contributed by atoms with Gasteiger partial charge in [0.05, 0.1) is 0 Å². The van der Waals surface area contributed by atoms with E-state index >= 15 is 0 Å². The van der Waals surface area contributed by atoms with Gasteiger partial charge in [-0.1, -0.05) is 0 Å². The maximum atomic E-state index is 10.4. The van der Waals surface area contributed by atoms with Crippen molar-refractivity contribution >= 4 is 11.9 Å². The maximum absolute atomic E-state index is 10.4. The Hall–Kier alpha value is -1.32. The number of hydrogen-bond donors (Lipinski definition) is 1. The largest absolute Gasteiger partial charge is 0.462 e. The zero-order chi connectivity index (χ0) is 8.85. The van der Waals surface area contributed by atoms with Crippen molar-refractivity contribution in [3.05, 3.63) is 11.6 Å². The zero-order valence-electron chi connectivity index (χ0n) is 6.59. The van der Waals surface area contributed by atoms with Crippen molar-refractivity contribution in [1.82, 2.24) is 0 Å². The smallest absolute Gasteiger partial charge is 0.302 e. The van der Waals surface area contributed by atoms with Crippen molar-refractivity contribution in [3.63, 3.8) is 0 Å². The van der Waals surface area contributed by atoms with Crippen LogP contribution in [0.3, 0.4) is 0 Å². The number of carbonyl (C=O) groups excluding carboxylic acids is 2. The van der Waals surface area contributed by atoms with Crippen LogP contribution in [0.2, 0.25) is 0 Å². The van der Waals surface area contributed by atoms with Crippen LogP contribution in [0.25, 0.3) is 0 Å². The van der Waals surface area contributed by atoms with E-state index in [1.807, 2.05) is 0 Å². The molecule has 0 spiro atoms. The van der Waals surface area contributed by atoms with Crippen molar-refractivity contribution in [1.29, 1.82) is 0 Å². The van der Waals surface area contributed by atoms with Crippen LogP contribution in [0.1, 0.15) is 13.8 Å². The van der Waals surface area contributed by atoms with Gasteiger partial charge in [-0.2, -0.15) is 0 Å². The highest BCUT2D eigenvalue weighted by molar-refractivity contribution is 5.91. The van der Waals surface area contributed by atoms with Crippen LogP contribution in [0.15, 0.2) is 11.6 Å². The van der Waals surface area contributed by atoms with E-state index in [2.05, 4.69) is 4.74 Å². The predicted molar refractivity (Wildman–Crippen MR) is 39.6 cm³/mol. The Labute approximate surface area is 65.0 Å². The van der Waals surface area contributed by atoms with Crippen molar-refractivity contribution in [2.75, 3.05) is 6.61 Å². The van der Waals surface area contributed by atoms with Crippen molar-refractivity contribution in [2.24, 2.45) is 5.73 Å². The van der Waals surface area contributed by atoms with E-state index in [0.29, 0.717) is 5.57 Å². The molecular formula is C7H11NO3. The number of esters is 1. The minimum Gasteiger partial charge on any atom is -0.462 e. The third kappa shape index (κ3) is 5.14. The molecule has 0 fully saturated rings. The first-order valence-corrected chi connectivity index (χ1v) is 3.14. The van der Waals surface area contributed by atoms with Crippen LogP contribution < -0.4 is 5.73 Å². The number of rotatable bonds is 3. The highest BCUT2D eigenvalue weighted by atomic mass is 16.5. The van der Waals surface area contributed by atoms with Crippen molar-refractivity contribution < 1.29 is 14.3 Å². The Balaban J connectivity index is 3.74. The fourth-order valence-electron chi connectivity index (χ4n) is 0.385. The molecule has 4 nitrogen and oxygen atoms in total. The third-order valence-corrected chi connectivity index (χ3v) is 1.06. The summed E-state index contributed by atoms with van der Waals surface area (Å²) >= 11 is 0. The molecule has 11 heavy (non-hydrogen) atoms. The zero-order valence-corrected chi connectivity index (χ0v) is 6.59. The summed E-state index contributed by atoms with van der Waals surface area (Å²) in [6.45, 7) is 2.96. The second-order valence-electron chi connectivity index (χ2n) is 2.05. The molecule has 2 N–H and O–H groups in total. The maximum Gasteiger partial charge on any atom is 0.302 e. The monoisotopic (exact) mass is 157 g/mol. The normalized spacial score (nSPS) is 10.9. The second kappa shape index (κ2) is 4.49. The molecule has 4 heteroatoms. The number of hydrogen-bond acceptors (Lipinski definition) is 3. The summed E-state index contributed by atoms with van der Waals surface area (Å²) in [5.41, 5.74) is 5.30. The van der Waals surface area contributed by atoms with Crippen LogP contribution in [0.5, 0.6) is 0 Å². The van der Waals surface area contributed by atoms with Crippen LogP contribution in [0, 0.1) is 0 Å². The number of carbonyl (C=O) groups is 2. The predicted octanol–water partition coefficient (Wildman–Crippen LogP) is -0.0189. The van der Waals surface area contributed by atoms with Gasteiger partial charge in [0.1, 0.15) is 6.61 Å². The summed E-state index contributed by atoms with van der Waals surface area (Å²) in [4.78, 5) is 20.6. The lowest BCUT2D eigenvalue weighted by Gasteiger charge is -1.96. The molecule has 1 amide bonds. The first-order chi connectivity index (χ1) is 5.04. The molecule has 62 valence electrons. The number of nitrogens with two attached hydrogens (primary N) is 1. The SMILES string of the molecule is CC(=O)OCC=C(C)C(N)=O. The summed E-state index contributed by atoms with van der Waals surface area (Å²) in [6, 6.07) is 0.